The highest BCUT2D eigenvalue weighted by Crippen LogP contribution is 2.19. The van der Waals surface area contributed by atoms with Gasteiger partial charge in [0.15, 0.2) is 5.78 Å². The lowest BCUT2D eigenvalue weighted by Crippen LogP contribution is -1.86. The maximum Gasteiger partial charge on any atom is 0.170 e. The molecule has 0 N–H and O–H groups in total. The van der Waals surface area contributed by atoms with Crippen LogP contribution in [0, 0.1) is 0 Å². The smallest absolute Gasteiger partial charge is 0.170 e. The van der Waals surface area contributed by atoms with Crippen molar-refractivity contribution in [3.05, 3.63) is 16.3 Å². The van der Waals surface area contributed by atoms with E-state index in [2.05, 4.69) is 12.6 Å². The molecule has 0 atom stereocenters. The van der Waals surface area contributed by atoms with Gasteiger partial charge in [0.05, 0.1) is 4.88 Å². The molecule has 0 aliphatic carbocycles. The van der Waals surface area contributed by atoms with Crippen LogP contribution >= 0.6 is 24.0 Å². The Kier molecular flexibility index (Phi) is 1.93. The molecule has 0 bridgehead atoms. The van der Waals surface area contributed by atoms with Crippen molar-refractivity contribution in [2.75, 3.05) is 0 Å². The Morgan fingerprint density at radius 3 is 2.67 bits per heavy atom. The summed E-state index contributed by atoms with van der Waals surface area (Å²) in [5, 5.41) is 1.86. The Morgan fingerprint density at radius 2 is 2.44 bits per heavy atom. The number of hydrogen-bond donors (Lipinski definition) is 1. The van der Waals surface area contributed by atoms with Crippen LogP contribution in [0.25, 0.3) is 0 Å². The summed E-state index contributed by atoms with van der Waals surface area (Å²) in [5.74, 6) is 0.0926. The first kappa shape index (κ1) is 6.83. The van der Waals surface area contributed by atoms with E-state index in [0.29, 0.717) is 0 Å². The van der Waals surface area contributed by atoms with E-state index in [4.69, 9.17) is 0 Å². The molecule has 1 rings (SSSR count). The quantitative estimate of drug-likeness (QED) is 0.490. The van der Waals surface area contributed by atoms with Crippen LogP contribution in [0.3, 0.4) is 0 Å². The van der Waals surface area contributed by atoms with E-state index in [9.17, 15) is 4.79 Å². The Bertz CT molecular complexity index is 227. The normalized spacial score (nSPS) is 9.56. The topological polar surface area (TPSA) is 17.1 Å². The first-order valence-corrected chi connectivity index (χ1v) is 3.82. The second-order valence-corrected chi connectivity index (χ2v) is 3.09. The number of rotatable bonds is 1. The van der Waals surface area contributed by atoms with Crippen molar-refractivity contribution in [3.8, 4) is 0 Å². The van der Waals surface area contributed by atoms with E-state index in [0.717, 1.165) is 9.77 Å². The van der Waals surface area contributed by atoms with Crippen molar-refractivity contribution < 1.29 is 4.79 Å². The Morgan fingerprint density at radius 1 is 1.78 bits per heavy atom. The number of Topliss-reactive ketones (excluding diaryl/α,β-unsaturated/α-hetero) is 1. The standard InChI is InChI=1S/C6H6OS2/c1-4(7)6-5(8)2-3-9-6/h2-3,8H,1H3. The van der Waals surface area contributed by atoms with Crippen LogP contribution in [-0.4, -0.2) is 5.78 Å². The van der Waals surface area contributed by atoms with Crippen LogP contribution < -0.4 is 0 Å². The van der Waals surface area contributed by atoms with Crippen molar-refractivity contribution in [1.82, 2.24) is 0 Å². The largest absolute Gasteiger partial charge is 0.294 e. The molecule has 0 saturated heterocycles. The molecule has 1 heterocycles. The zero-order valence-electron chi connectivity index (χ0n) is 4.92. The third-order valence-corrected chi connectivity index (χ3v) is 2.50. The van der Waals surface area contributed by atoms with Crippen molar-refractivity contribution in [1.29, 1.82) is 0 Å². The fourth-order valence-electron chi connectivity index (χ4n) is 0.566. The number of carbonyl (C=O) groups is 1. The fourth-order valence-corrected chi connectivity index (χ4v) is 1.75. The van der Waals surface area contributed by atoms with E-state index in [1.807, 2.05) is 11.4 Å². The van der Waals surface area contributed by atoms with E-state index < -0.39 is 0 Å². The van der Waals surface area contributed by atoms with Gasteiger partial charge >= 0.3 is 0 Å². The van der Waals surface area contributed by atoms with Gasteiger partial charge in [0, 0.05) is 4.90 Å². The van der Waals surface area contributed by atoms with Gasteiger partial charge in [-0.3, -0.25) is 4.79 Å². The molecule has 0 spiro atoms. The van der Waals surface area contributed by atoms with Gasteiger partial charge in [-0.05, 0) is 18.4 Å². The van der Waals surface area contributed by atoms with Crippen LogP contribution in [0.2, 0.25) is 0 Å². The lowest BCUT2D eigenvalue weighted by atomic mass is 10.4. The lowest BCUT2D eigenvalue weighted by molar-refractivity contribution is 0.101. The first-order valence-electron chi connectivity index (χ1n) is 2.49. The molecule has 9 heavy (non-hydrogen) atoms. The molecule has 0 unspecified atom stereocenters. The van der Waals surface area contributed by atoms with E-state index in [1.54, 1.807) is 6.92 Å². The molecule has 0 fully saturated rings. The SMILES string of the molecule is CC(=O)c1sccc1S. The maximum atomic E-state index is 10.7. The molecule has 0 aromatic carbocycles. The van der Waals surface area contributed by atoms with Crippen LogP contribution in [0.15, 0.2) is 16.3 Å². The van der Waals surface area contributed by atoms with Gasteiger partial charge in [-0.15, -0.1) is 24.0 Å². The average molecular weight is 158 g/mol. The first-order chi connectivity index (χ1) is 4.22. The molecule has 1 aromatic rings. The average Bonchev–Trinajstić information content (AvgIpc) is 2.13. The summed E-state index contributed by atoms with van der Waals surface area (Å²) in [7, 11) is 0. The van der Waals surface area contributed by atoms with E-state index in [-0.39, 0.29) is 5.78 Å². The number of carbonyl (C=O) groups excluding carboxylic acids is 1. The third kappa shape index (κ3) is 1.34. The van der Waals surface area contributed by atoms with Crippen LogP contribution in [-0.2, 0) is 0 Å². The molecule has 1 aromatic heterocycles. The van der Waals surface area contributed by atoms with E-state index >= 15 is 0 Å². The van der Waals surface area contributed by atoms with Crippen molar-refractivity contribution >= 4 is 29.7 Å². The van der Waals surface area contributed by atoms with Gasteiger partial charge in [-0.1, -0.05) is 0 Å². The minimum absolute atomic E-state index is 0.0926. The number of thiol groups is 1. The third-order valence-electron chi connectivity index (χ3n) is 0.964. The number of hydrogen-bond acceptors (Lipinski definition) is 3. The van der Waals surface area contributed by atoms with Crippen molar-refractivity contribution in [3.63, 3.8) is 0 Å². The van der Waals surface area contributed by atoms with Crippen LogP contribution in [0.1, 0.15) is 16.6 Å². The second-order valence-electron chi connectivity index (χ2n) is 1.69. The fraction of sp³-hybridized carbons (Fsp3) is 0.167. The highest BCUT2D eigenvalue weighted by molar-refractivity contribution is 7.80. The Labute approximate surface area is 63.1 Å². The molecule has 1 nitrogen and oxygen atoms in total. The van der Waals surface area contributed by atoms with Crippen molar-refractivity contribution in [2.24, 2.45) is 0 Å². The van der Waals surface area contributed by atoms with Gasteiger partial charge in [-0.25, -0.2) is 0 Å². The van der Waals surface area contributed by atoms with E-state index in [1.165, 1.54) is 11.3 Å². The zero-order valence-corrected chi connectivity index (χ0v) is 6.63. The Hall–Kier alpha value is -0.280. The maximum absolute atomic E-state index is 10.7. The Balaban J connectivity index is 3.08. The number of ketones is 1. The van der Waals surface area contributed by atoms with Crippen LogP contribution in [0.5, 0.6) is 0 Å². The number of thiophene rings is 1. The molecule has 0 aliphatic rings. The minimum Gasteiger partial charge on any atom is -0.294 e. The summed E-state index contributed by atoms with van der Waals surface area (Å²) < 4.78 is 0. The highest BCUT2D eigenvalue weighted by atomic mass is 32.1. The van der Waals surface area contributed by atoms with Crippen molar-refractivity contribution in [2.45, 2.75) is 11.8 Å². The van der Waals surface area contributed by atoms with Gasteiger partial charge in [0.25, 0.3) is 0 Å². The highest BCUT2D eigenvalue weighted by Gasteiger charge is 2.03. The molecule has 0 amide bonds. The molecule has 0 saturated carbocycles. The summed E-state index contributed by atoms with van der Waals surface area (Å²) in [6, 6.07) is 1.82. The van der Waals surface area contributed by atoms with Gasteiger partial charge in [-0.2, -0.15) is 0 Å². The summed E-state index contributed by atoms with van der Waals surface area (Å²) in [6.45, 7) is 1.55. The zero-order chi connectivity index (χ0) is 6.85. The summed E-state index contributed by atoms with van der Waals surface area (Å²) in [6.07, 6.45) is 0. The predicted molar refractivity (Wildman–Crippen MR) is 41.6 cm³/mol. The van der Waals surface area contributed by atoms with Crippen LogP contribution in [0.4, 0.5) is 0 Å². The summed E-state index contributed by atoms with van der Waals surface area (Å²) in [4.78, 5) is 12.2. The minimum atomic E-state index is 0.0926. The molecular formula is C6H6OS2. The van der Waals surface area contributed by atoms with Gasteiger partial charge in [0.1, 0.15) is 0 Å². The molecule has 3 heteroatoms. The molecule has 0 aliphatic heterocycles. The summed E-state index contributed by atoms with van der Waals surface area (Å²) >= 11 is 5.51. The monoisotopic (exact) mass is 158 g/mol. The van der Waals surface area contributed by atoms with Gasteiger partial charge in [0.2, 0.25) is 0 Å². The summed E-state index contributed by atoms with van der Waals surface area (Å²) in [5.41, 5.74) is 0. The lowest BCUT2D eigenvalue weighted by Gasteiger charge is -1.86. The molecule has 0 radical (unpaired) electrons. The van der Waals surface area contributed by atoms with Gasteiger partial charge < -0.3 is 0 Å². The molecule has 48 valence electrons. The predicted octanol–water partition coefficient (Wildman–Crippen LogP) is 2.24. The molecular weight excluding hydrogens is 152 g/mol. The second kappa shape index (κ2) is 2.54.